The van der Waals surface area contributed by atoms with E-state index in [-0.39, 0.29) is 11.8 Å². The Kier molecular flexibility index (Phi) is 4.31. The van der Waals surface area contributed by atoms with Crippen LogP contribution in [0.15, 0.2) is 48.7 Å². The van der Waals surface area contributed by atoms with Crippen LogP contribution in [0.1, 0.15) is 41.7 Å². The van der Waals surface area contributed by atoms with Gasteiger partial charge < -0.3 is 14.4 Å². The molecule has 0 radical (unpaired) electrons. The fourth-order valence-electron chi connectivity index (χ4n) is 4.50. The van der Waals surface area contributed by atoms with E-state index >= 15 is 0 Å². The SMILES string of the molecule is Cn1cccc1C(=O)N1CCCC12CCCN(Cc1ccccc1)C2=O. The van der Waals surface area contributed by atoms with E-state index in [2.05, 4.69) is 12.1 Å². The van der Waals surface area contributed by atoms with Crippen molar-refractivity contribution in [3.63, 3.8) is 0 Å². The molecule has 2 saturated heterocycles. The second kappa shape index (κ2) is 6.63. The zero-order valence-corrected chi connectivity index (χ0v) is 15.2. The summed E-state index contributed by atoms with van der Waals surface area (Å²) in [5.41, 5.74) is 1.13. The average molecular weight is 351 g/mol. The number of nitrogens with zero attached hydrogens (tertiary/aromatic N) is 3. The average Bonchev–Trinajstić information content (AvgIpc) is 3.26. The molecule has 1 aromatic carbocycles. The normalized spacial score (nSPS) is 23.0. The number of benzene rings is 1. The van der Waals surface area contributed by atoms with Crippen LogP contribution in [0.5, 0.6) is 0 Å². The van der Waals surface area contributed by atoms with Crippen molar-refractivity contribution in [2.24, 2.45) is 7.05 Å². The molecule has 5 heteroatoms. The van der Waals surface area contributed by atoms with Gasteiger partial charge in [0.1, 0.15) is 11.2 Å². The first-order valence-corrected chi connectivity index (χ1v) is 9.38. The lowest BCUT2D eigenvalue weighted by Crippen LogP contribution is -2.61. The smallest absolute Gasteiger partial charge is 0.271 e. The molecular formula is C21H25N3O2. The summed E-state index contributed by atoms with van der Waals surface area (Å²) in [6.45, 7) is 2.05. The predicted octanol–water partition coefficient (Wildman–Crippen LogP) is 2.82. The van der Waals surface area contributed by atoms with E-state index in [0.717, 1.165) is 37.8 Å². The molecule has 1 aromatic heterocycles. The van der Waals surface area contributed by atoms with E-state index in [1.807, 2.05) is 57.9 Å². The second-order valence-corrected chi connectivity index (χ2v) is 7.41. The van der Waals surface area contributed by atoms with Crippen LogP contribution in [0.3, 0.4) is 0 Å². The fourth-order valence-corrected chi connectivity index (χ4v) is 4.50. The zero-order chi connectivity index (χ0) is 18.1. The van der Waals surface area contributed by atoms with E-state index in [4.69, 9.17) is 0 Å². The minimum Gasteiger partial charge on any atom is -0.347 e. The molecule has 2 aliphatic heterocycles. The number of piperidine rings is 1. The molecule has 5 nitrogen and oxygen atoms in total. The number of rotatable bonds is 3. The standard InChI is InChI=1S/C21H25N3O2/c1-22-13-5-10-18(22)19(25)24-15-7-12-21(24)11-6-14-23(20(21)26)16-17-8-3-2-4-9-17/h2-5,8-10,13H,6-7,11-12,14-16H2,1H3. The van der Waals surface area contributed by atoms with Crippen LogP contribution in [0.2, 0.25) is 0 Å². The molecule has 2 aromatic rings. The number of aromatic nitrogens is 1. The summed E-state index contributed by atoms with van der Waals surface area (Å²) in [5.74, 6) is 0.0950. The zero-order valence-electron chi connectivity index (χ0n) is 15.2. The van der Waals surface area contributed by atoms with Crippen molar-refractivity contribution in [2.75, 3.05) is 13.1 Å². The Morgan fingerprint density at radius 3 is 2.46 bits per heavy atom. The first-order chi connectivity index (χ1) is 12.6. The number of amides is 2. The number of hydrogen-bond donors (Lipinski definition) is 0. The number of aryl methyl sites for hydroxylation is 1. The lowest BCUT2D eigenvalue weighted by Gasteiger charge is -2.44. The van der Waals surface area contributed by atoms with Crippen molar-refractivity contribution < 1.29 is 9.59 Å². The van der Waals surface area contributed by atoms with Crippen LogP contribution < -0.4 is 0 Å². The summed E-state index contributed by atoms with van der Waals surface area (Å²) in [4.78, 5) is 30.4. The van der Waals surface area contributed by atoms with E-state index in [0.29, 0.717) is 18.8 Å². The van der Waals surface area contributed by atoms with Crippen LogP contribution in [-0.2, 0) is 18.4 Å². The van der Waals surface area contributed by atoms with Gasteiger partial charge in [0.2, 0.25) is 5.91 Å². The Morgan fingerprint density at radius 2 is 1.77 bits per heavy atom. The van der Waals surface area contributed by atoms with E-state index in [1.54, 1.807) is 0 Å². The third-order valence-electron chi connectivity index (χ3n) is 5.82. The Labute approximate surface area is 154 Å². The largest absolute Gasteiger partial charge is 0.347 e. The van der Waals surface area contributed by atoms with E-state index in [1.165, 1.54) is 0 Å². The van der Waals surface area contributed by atoms with Crippen LogP contribution in [0.25, 0.3) is 0 Å². The van der Waals surface area contributed by atoms with Gasteiger partial charge in [0.25, 0.3) is 5.91 Å². The lowest BCUT2D eigenvalue weighted by atomic mass is 9.85. The van der Waals surface area contributed by atoms with Gasteiger partial charge in [-0.1, -0.05) is 30.3 Å². The summed E-state index contributed by atoms with van der Waals surface area (Å²) in [6.07, 6.45) is 5.25. The van der Waals surface area contributed by atoms with Gasteiger partial charge >= 0.3 is 0 Å². The molecule has 3 heterocycles. The second-order valence-electron chi connectivity index (χ2n) is 7.41. The molecule has 0 aliphatic carbocycles. The van der Waals surface area contributed by atoms with Gasteiger partial charge in [0.05, 0.1) is 0 Å². The molecule has 0 saturated carbocycles. The highest BCUT2D eigenvalue weighted by Gasteiger charge is 2.52. The van der Waals surface area contributed by atoms with Gasteiger partial charge in [-0.05, 0) is 43.4 Å². The third-order valence-corrected chi connectivity index (χ3v) is 5.82. The first-order valence-electron chi connectivity index (χ1n) is 9.38. The van der Waals surface area contributed by atoms with Crippen LogP contribution >= 0.6 is 0 Å². The number of carbonyl (C=O) groups is 2. The predicted molar refractivity (Wildman–Crippen MR) is 99.5 cm³/mol. The Hall–Kier alpha value is -2.56. The highest BCUT2D eigenvalue weighted by Crippen LogP contribution is 2.39. The maximum atomic E-state index is 13.4. The molecule has 136 valence electrons. The number of hydrogen-bond acceptors (Lipinski definition) is 2. The van der Waals surface area contributed by atoms with Crippen molar-refractivity contribution in [2.45, 2.75) is 37.8 Å². The van der Waals surface area contributed by atoms with E-state index in [9.17, 15) is 9.59 Å². The summed E-state index contributed by atoms with van der Waals surface area (Å²) in [7, 11) is 1.88. The molecule has 2 aliphatic rings. The quantitative estimate of drug-likeness (QED) is 0.854. The molecule has 4 rings (SSSR count). The monoisotopic (exact) mass is 351 g/mol. The lowest BCUT2D eigenvalue weighted by molar-refractivity contribution is -0.146. The molecule has 0 N–H and O–H groups in total. The molecule has 2 fully saturated rings. The van der Waals surface area contributed by atoms with Gasteiger partial charge in [0, 0.05) is 32.9 Å². The summed E-state index contributed by atoms with van der Waals surface area (Å²) in [6, 6.07) is 13.8. The van der Waals surface area contributed by atoms with Crippen molar-refractivity contribution in [3.05, 3.63) is 59.9 Å². The maximum absolute atomic E-state index is 13.4. The molecule has 1 atom stereocenters. The van der Waals surface area contributed by atoms with Gasteiger partial charge in [-0.2, -0.15) is 0 Å². The third kappa shape index (κ3) is 2.71. The van der Waals surface area contributed by atoms with Crippen molar-refractivity contribution >= 4 is 11.8 Å². The minimum absolute atomic E-state index is 0.0232. The van der Waals surface area contributed by atoms with Crippen molar-refractivity contribution in [3.8, 4) is 0 Å². The molecule has 0 bridgehead atoms. The topological polar surface area (TPSA) is 45.6 Å². The molecular weight excluding hydrogens is 326 g/mol. The highest BCUT2D eigenvalue weighted by molar-refractivity contribution is 5.99. The summed E-state index contributed by atoms with van der Waals surface area (Å²) in [5, 5.41) is 0. The van der Waals surface area contributed by atoms with Crippen LogP contribution in [0.4, 0.5) is 0 Å². The summed E-state index contributed by atoms with van der Waals surface area (Å²) >= 11 is 0. The molecule has 1 unspecified atom stereocenters. The van der Waals surface area contributed by atoms with Crippen molar-refractivity contribution in [1.29, 1.82) is 0 Å². The van der Waals surface area contributed by atoms with Crippen LogP contribution in [-0.4, -0.2) is 44.8 Å². The minimum atomic E-state index is -0.658. The molecule has 1 spiro atoms. The van der Waals surface area contributed by atoms with Gasteiger partial charge in [0.15, 0.2) is 0 Å². The van der Waals surface area contributed by atoms with E-state index < -0.39 is 5.54 Å². The maximum Gasteiger partial charge on any atom is 0.271 e. The Balaban J connectivity index is 1.60. The fraction of sp³-hybridized carbons (Fsp3) is 0.429. The molecule has 2 amide bonds. The Morgan fingerprint density at radius 1 is 1.04 bits per heavy atom. The number of likely N-dealkylation sites (tertiary alicyclic amines) is 2. The highest BCUT2D eigenvalue weighted by atomic mass is 16.2. The van der Waals surface area contributed by atoms with Gasteiger partial charge in [-0.3, -0.25) is 9.59 Å². The molecule has 26 heavy (non-hydrogen) atoms. The first kappa shape index (κ1) is 16.9. The Bertz CT molecular complexity index is 814. The van der Waals surface area contributed by atoms with Crippen LogP contribution in [0, 0.1) is 0 Å². The van der Waals surface area contributed by atoms with Crippen molar-refractivity contribution in [1.82, 2.24) is 14.4 Å². The van der Waals surface area contributed by atoms with Gasteiger partial charge in [-0.25, -0.2) is 0 Å². The number of carbonyl (C=O) groups excluding carboxylic acids is 2. The van der Waals surface area contributed by atoms with Gasteiger partial charge in [-0.15, -0.1) is 0 Å². The summed E-state index contributed by atoms with van der Waals surface area (Å²) < 4.78 is 1.84.